The van der Waals surface area contributed by atoms with Crippen molar-refractivity contribution < 1.29 is 4.79 Å². The molecule has 0 aromatic heterocycles. The predicted molar refractivity (Wildman–Crippen MR) is 73.6 cm³/mol. The molecule has 1 aliphatic rings. The molecule has 4 heteroatoms. The lowest BCUT2D eigenvalue weighted by molar-refractivity contribution is -0.116. The molecule has 0 saturated carbocycles. The number of benzene rings is 1. The number of para-hydroxylation sites is 1. The van der Waals surface area contributed by atoms with E-state index in [1.54, 1.807) is 0 Å². The van der Waals surface area contributed by atoms with Crippen LogP contribution in [0.1, 0.15) is 12.8 Å². The smallest absolute Gasteiger partial charge is 0.225 e. The van der Waals surface area contributed by atoms with Crippen molar-refractivity contribution in [1.29, 1.82) is 0 Å². The highest BCUT2D eigenvalue weighted by Crippen LogP contribution is 2.10. The van der Waals surface area contributed by atoms with Crippen LogP contribution in [-0.4, -0.2) is 43.5 Å². The molecular formula is C14H21N3O. The third-order valence-electron chi connectivity index (χ3n) is 3.39. The fourth-order valence-electron chi connectivity index (χ4n) is 2.28. The first-order valence-electron chi connectivity index (χ1n) is 6.52. The van der Waals surface area contributed by atoms with Gasteiger partial charge >= 0.3 is 0 Å². The number of amides is 1. The summed E-state index contributed by atoms with van der Waals surface area (Å²) in [5, 5.41) is 6.19. The van der Waals surface area contributed by atoms with Crippen LogP contribution in [-0.2, 0) is 4.79 Å². The molecule has 0 radical (unpaired) electrons. The second-order valence-corrected chi connectivity index (χ2v) is 4.74. The number of carbonyl (C=O) groups excluding carboxylic acids is 1. The molecule has 1 aromatic rings. The van der Waals surface area contributed by atoms with E-state index in [1.807, 2.05) is 37.4 Å². The van der Waals surface area contributed by atoms with Crippen molar-refractivity contribution in [2.75, 3.05) is 32.0 Å². The maximum atomic E-state index is 11.8. The number of hydrogen-bond donors (Lipinski definition) is 2. The highest BCUT2D eigenvalue weighted by Gasteiger charge is 2.20. The Morgan fingerprint density at radius 3 is 2.83 bits per heavy atom. The van der Waals surface area contributed by atoms with E-state index in [4.69, 9.17) is 0 Å². The van der Waals surface area contributed by atoms with Gasteiger partial charge in [0.25, 0.3) is 0 Å². The van der Waals surface area contributed by atoms with Crippen LogP contribution >= 0.6 is 0 Å². The van der Waals surface area contributed by atoms with Gasteiger partial charge in [-0.15, -0.1) is 0 Å². The van der Waals surface area contributed by atoms with Gasteiger partial charge in [0, 0.05) is 31.2 Å². The number of anilines is 1. The van der Waals surface area contributed by atoms with Gasteiger partial charge in [-0.1, -0.05) is 18.2 Å². The molecule has 1 heterocycles. The first kappa shape index (κ1) is 13.1. The normalized spacial score (nSPS) is 19.9. The molecular weight excluding hydrogens is 226 g/mol. The molecule has 1 aromatic carbocycles. The van der Waals surface area contributed by atoms with Gasteiger partial charge in [-0.2, -0.15) is 0 Å². The SMILES string of the molecule is CNC1CCN(CCC(=O)Nc2ccccc2)C1. The second-order valence-electron chi connectivity index (χ2n) is 4.74. The molecule has 1 fully saturated rings. The second kappa shape index (κ2) is 6.52. The third-order valence-corrected chi connectivity index (χ3v) is 3.39. The maximum absolute atomic E-state index is 11.8. The predicted octanol–water partition coefficient (Wildman–Crippen LogP) is 1.31. The van der Waals surface area contributed by atoms with Crippen molar-refractivity contribution in [1.82, 2.24) is 10.2 Å². The molecule has 4 nitrogen and oxygen atoms in total. The van der Waals surface area contributed by atoms with E-state index in [0.717, 1.165) is 25.3 Å². The average molecular weight is 247 g/mol. The van der Waals surface area contributed by atoms with Gasteiger partial charge in [0.2, 0.25) is 5.91 Å². The Balaban J connectivity index is 1.69. The Kier molecular flexibility index (Phi) is 4.73. The van der Waals surface area contributed by atoms with Crippen LogP contribution in [0.2, 0.25) is 0 Å². The minimum Gasteiger partial charge on any atom is -0.326 e. The Labute approximate surface area is 108 Å². The lowest BCUT2D eigenvalue weighted by Crippen LogP contribution is -2.31. The number of likely N-dealkylation sites (N-methyl/N-ethyl adjacent to an activating group) is 1. The largest absolute Gasteiger partial charge is 0.326 e. The summed E-state index contributed by atoms with van der Waals surface area (Å²) in [5.74, 6) is 0.0918. The highest BCUT2D eigenvalue weighted by atomic mass is 16.1. The summed E-state index contributed by atoms with van der Waals surface area (Å²) >= 11 is 0. The molecule has 18 heavy (non-hydrogen) atoms. The number of carbonyl (C=O) groups is 1. The molecule has 1 aliphatic heterocycles. The first-order chi connectivity index (χ1) is 8.78. The van der Waals surface area contributed by atoms with E-state index in [2.05, 4.69) is 15.5 Å². The summed E-state index contributed by atoms with van der Waals surface area (Å²) in [6.07, 6.45) is 1.74. The molecule has 1 amide bonds. The van der Waals surface area contributed by atoms with E-state index in [-0.39, 0.29) is 5.91 Å². The summed E-state index contributed by atoms with van der Waals surface area (Å²) in [5.41, 5.74) is 0.872. The molecule has 0 aliphatic carbocycles. The van der Waals surface area contributed by atoms with Crippen molar-refractivity contribution in [3.05, 3.63) is 30.3 Å². The van der Waals surface area contributed by atoms with Gasteiger partial charge < -0.3 is 15.5 Å². The molecule has 2 N–H and O–H groups in total. The van der Waals surface area contributed by atoms with E-state index >= 15 is 0 Å². The summed E-state index contributed by atoms with van der Waals surface area (Å²) in [6.45, 7) is 2.98. The minimum absolute atomic E-state index is 0.0918. The molecule has 2 rings (SSSR count). The zero-order valence-electron chi connectivity index (χ0n) is 10.9. The fourth-order valence-corrected chi connectivity index (χ4v) is 2.28. The zero-order valence-corrected chi connectivity index (χ0v) is 10.9. The highest BCUT2D eigenvalue weighted by molar-refractivity contribution is 5.90. The van der Waals surface area contributed by atoms with Crippen LogP contribution in [0.25, 0.3) is 0 Å². The molecule has 1 atom stereocenters. The Hall–Kier alpha value is -1.39. The lowest BCUT2D eigenvalue weighted by Gasteiger charge is -2.15. The van der Waals surface area contributed by atoms with Crippen LogP contribution in [0.4, 0.5) is 5.69 Å². The van der Waals surface area contributed by atoms with E-state index in [0.29, 0.717) is 12.5 Å². The maximum Gasteiger partial charge on any atom is 0.225 e. The van der Waals surface area contributed by atoms with E-state index in [9.17, 15) is 4.79 Å². The minimum atomic E-state index is 0.0918. The molecule has 0 bridgehead atoms. The number of nitrogens with zero attached hydrogens (tertiary/aromatic N) is 1. The summed E-state index contributed by atoms with van der Waals surface area (Å²) in [7, 11) is 2.00. The fraction of sp³-hybridized carbons (Fsp3) is 0.500. The number of nitrogens with one attached hydrogen (secondary N) is 2. The van der Waals surface area contributed by atoms with E-state index in [1.165, 1.54) is 6.42 Å². The summed E-state index contributed by atoms with van der Waals surface area (Å²) in [4.78, 5) is 14.1. The van der Waals surface area contributed by atoms with Crippen LogP contribution in [0, 0.1) is 0 Å². The Morgan fingerprint density at radius 1 is 1.39 bits per heavy atom. The van der Waals surface area contributed by atoms with Crippen LogP contribution in [0.15, 0.2) is 30.3 Å². The van der Waals surface area contributed by atoms with Crippen LogP contribution in [0.5, 0.6) is 0 Å². The molecule has 98 valence electrons. The van der Waals surface area contributed by atoms with Crippen molar-refractivity contribution in [3.63, 3.8) is 0 Å². The van der Waals surface area contributed by atoms with Crippen LogP contribution < -0.4 is 10.6 Å². The summed E-state index contributed by atoms with van der Waals surface area (Å²) in [6, 6.07) is 10.2. The van der Waals surface area contributed by atoms with Crippen LogP contribution in [0.3, 0.4) is 0 Å². The molecule has 0 spiro atoms. The van der Waals surface area contributed by atoms with Gasteiger partial charge in [0.05, 0.1) is 0 Å². The van der Waals surface area contributed by atoms with Gasteiger partial charge in [-0.3, -0.25) is 4.79 Å². The van der Waals surface area contributed by atoms with Crippen molar-refractivity contribution in [2.45, 2.75) is 18.9 Å². The topological polar surface area (TPSA) is 44.4 Å². The van der Waals surface area contributed by atoms with Crippen molar-refractivity contribution in [3.8, 4) is 0 Å². The zero-order chi connectivity index (χ0) is 12.8. The monoisotopic (exact) mass is 247 g/mol. The number of hydrogen-bond acceptors (Lipinski definition) is 3. The average Bonchev–Trinajstić information content (AvgIpc) is 2.85. The van der Waals surface area contributed by atoms with Gasteiger partial charge in [0.15, 0.2) is 0 Å². The molecule has 1 saturated heterocycles. The Bertz CT molecular complexity index is 380. The number of likely N-dealkylation sites (tertiary alicyclic amines) is 1. The van der Waals surface area contributed by atoms with Crippen molar-refractivity contribution >= 4 is 11.6 Å². The molecule has 1 unspecified atom stereocenters. The van der Waals surface area contributed by atoms with Gasteiger partial charge in [-0.05, 0) is 32.1 Å². The lowest BCUT2D eigenvalue weighted by atomic mass is 10.3. The first-order valence-corrected chi connectivity index (χ1v) is 6.52. The van der Waals surface area contributed by atoms with Gasteiger partial charge in [-0.25, -0.2) is 0 Å². The summed E-state index contributed by atoms with van der Waals surface area (Å²) < 4.78 is 0. The standard InChI is InChI=1S/C14H21N3O/c1-15-13-7-9-17(11-13)10-8-14(18)16-12-5-3-2-4-6-12/h2-6,13,15H,7-11H2,1H3,(H,16,18). The van der Waals surface area contributed by atoms with Crippen molar-refractivity contribution in [2.24, 2.45) is 0 Å². The third kappa shape index (κ3) is 3.82. The van der Waals surface area contributed by atoms with Gasteiger partial charge in [0.1, 0.15) is 0 Å². The quantitative estimate of drug-likeness (QED) is 0.824. The Morgan fingerprint density at radius 2 is 2.17 bits per heavy atom. The number of rotatable bonds is 5. The van der Waals surface area contributed by atoms with E-state index < -0.39 is 0 Å².